The second kappa shape index (κ2) is 5.23. The van der Waals surface area contributed by atoms with Crippen molar-refractivity contribution < 1.29 is 9.26 Å². The summed E-state index contributed by atoms with van der Waals surface area (Å²) in [6.07, 6.45) is 4.79. The van der Waals surface area contributed by atoms with Gasteiger partial charge in [0.2, 0.25) is 5.89 Å². The molecule has 0 saturated carbocycles. The van der Waals surface area contributed by atoms with Crippen molar-refractivity contribution in [3.63, 3.8) is 0 Å². The molecule has 2 unspecified atom stereocenters. The molecule has 5 heteroatoms. The molecule has 1 saturated heterocycles. The minimum absolute atomic E-state index is 0.375. The van der Waals surface area contributed by atoms with Crippen molar-refractivity contribution in [1.82, 2.24) is 15.5 Å². The molecule has 0 spiro atoms. The number of ether oxygens (including phenoxy) is 1. The largest absolute Gasteiger partial charge is 0.378 e. The van der Waals surface area contributed by atoms with Crippen molar-refractivity contribution >= 4 is 0 Å². The van der Waals surface area contributed by atoms with E-state index in [0.29, 0.717) is 18.0 Å². The molecular formula is C10H17N3O2. The van der Waals surface area contributed by atoms with E-state index in [1.165, 1.54) is 6.33 Å². The standard InChI is InChI=1S/C10H17N3O2/c1-8-6-9(3-5-14-8)11-4-2-10-12-7-13-15-10/h7-9,11H,2-6H2,1H3. The van der Waals surface area contributed by atoms with Crippen LogP contribution in [0.25, 0.3) is 0 Å². The van der Waals surface area contributed by atoms with Gasteiger partial charge in [-0.1, -0.05) is 5.16 Å². The van der Waals surface area contributed by atoms with Crippen LogP contribution in [-0.4, -0.2) is 35.4 Å². The van der Waals surface area contributed by atoms with Gasteiger partial charge in [-0.15, -0.1) is 0 Å². The Balaban J connectivity index is 1.65. The summed E-state index contributed by atoms with van der Waals surface area (Å²) in [6.45, 7) is 3.87. The molecule has 1 aliphatic rings. The second-order valence-electron chi connectivity index (χ2n) is 3.94. The highest BCUT2D eigenvalue weighted by atomic mass is 16.5. The molecule has 0 aromatic carbocycles. The lowest BCUT2D eigenvalue weighted by Gasteiger charge is -2.27. The average Bonchev–Trinajstić information content (AvgIpc) is 2.71. The van der Waals surface area contributed by atoms with E-state index < -0.39 is 0 Å². The van der Waals surface area contributed by atoms with Crippen molar-refractivity contribution in [2.45, 2.75) is 38.3 Å². The van der Waals surface area contributed by atoms with E-state index >= 15 is 0 Å². The van der Waals surface area contributed by atoms with Crippen LogP contribution in [0.5, 0.6) is 0 Å². The van der Waals surface area contributed by atoms with Crippen molar-refractivity contribution in [1.29, 1.82) is 0 Å². The average molecular weight is 211 g/mol. The number of nitrogens with one attached hydrogen (secondary N) is 1. The van der Waals surface area contributed by atoms with Crippen LogP contribution in [0, 0.1) is 0 Å². The number of hydrogen-bond acceptors (Lipinski definition) is 5. The summed E-state index contributed by atoms with van der Waals surface area (Å²) >= 11 is 0. The third-order valence-electron chi connectivity index (χ3n) is 2.66. The maximum atomic E-state index is 5.48. The number of aromatic nitrogens is 2. The summed E-state index contributed by atoms with van der Waals surface area (Å²) in [5.41, 5.74) is 0. The van der Waals surface area contributed by atoms with E-state index in [2.05, 4.69) is 22.4 Å². The van der Waals surface area contributed by atoms with Gasteiger partial charge in [0.25, 0.3) is 0 Å². The molecule has 5 nitrogen and oxygen atoms in total. The van der Waals surface area contributed by atoms with E-state index in [9.17, 15) is 0 Å². The Bertz CT molecular complexity index is 276. The Kier molecular flexibility index (Phi) is 3.69. The SMILES string of the molecule is CC1CC(NCCc2ncno2)CCO1. The van der Waals surface area contributed by atoms with Crippen LogP contribution >= 0.6 is 0 Å². The molecule has 1 aromatic rings. The molecule has 15 heavy (non-hydrogen) atoms. The predicted molar refractivity (Wildman–Crippen MR) is 54.4 cm³/mol. The summed E-state index contributed by atoms with van der Waals surface area (Å²) in [5, 5.41) is 7.05. The first-order valence-electron chi connectivity index (χ1n) is 5.45. The summed E-state index contributed by atoms with van der Waals surface area (Å²) in [6, 6.07) is 0.566. The smallest absolute Gasteiger partial charge is 0.227 e. The zero-order valence-electron chi connectivity index (χ0n) is 8.98. The second-order valence-corrected chi connectivity index (χ2v) is 3.94. The summed E-state index contributed by atoms with van der Waals surface area (Å²) in [7, 11) is 0. The molecule has 1 aliphatic heterocycles. The summed E-state index contributed by atoms with van der Waals surface area (Å²) in [5.74, 6) is 0.697. The van der Waals surface area contributed by atoms with Crippen LogP contribution in [0.3, 0.4) is 0 Å². The topological polar surface area (TPSA) is 60.2 Å². The van der Waals surface area contributed by atoms with Crippen LogP contribution in [0.4, 0.5) is 0 Å². The molecule has 0 bridgehead atoms. The van der Waals surface area contributed by atoms with Gasteiger partial charge in [0, 0.05) is 25.6 Å². The van der Waals surface area contributed by atoms with Gasteiger partial charge in [0.15, 0.2) is 6.33 Å². The lowest BCUT2D eigenvalue weighted by atomic mass is 10.0. The summed E-state index contributed by atoms with van der Waals surface area (Å²) in [4.78, 5) is 3.97. The van der Waals surface area contributed by atoms with E-state index in [-0.39, 0.29) is 0 Å². The zero-order chi connectivity index (χ0) is 10.5. The van der Waals surface area contributed by atoms with Crippen LogP contribution in [0.1, 0.15) is 25.7 Å². The fraction of sp³-hybridized carbons (Fsp3) is 0.800. The highest BCUT2D eigenvalue weighted by Crippen LogP contribution is 2.12. The summed E-state index contributed by atoms with van der Waals surface area (Å²) < 4.78 is 10.4. The van der Waals surface area contributed by atoms with Gasteiger partial charge in [-0.3, -0.25) is 0 Å². The van der Waals surface area contributed by atoms with Gasteiger partial charge in [-0.05, 0) is 19.8 Å². The minimum atomic E-state index is 0.375. The quantitative estimate of drug-likeness (QED) is 0.797. The Morgan fingerprint density at radius 2 is 2.53 bits per heavy atom. The van der Waals surface area contributed by atoms with Gasteiger partial charge in [0.05, 0.1) is 6.10 Å². The van der Waals surface area contributed by atoms with Crippen LogP contribution in [-0.2, 0) is 11.2 Å². The van der Waals surface area contributed by atoms with Crippen molar-refractivity contribution in [3.8, 4) is 0 Å². The van der Waals surface area contributed by atoms with Gasteiger partial charge in [0.1, 0.15) is 0 Å². The minimum Gasteiger partial charge on any atom is -0.378 e. The number of nitrogens with zero attached hydrogens (tertiary/aromatic N) is 2. The van der Waals surface area contributed by atoms with Crippen LogP contribution < -0.4 is 5.32 Å². The molecule has 0 aliphatic carbocycles. The van der Waals surface area contributed by atoms with Gasteiger partial charge >= 0.3 is 0 Å². The molecule has 0 amide bonds. The maximum absolute atomic E-state index is 5.48. The first-order valence-corrected chi connectivity index (χ1v) is 5.45. The molecule has 84 valence electrons. The highest BCUT2D eigenvalue weighted by Gasteiger charge is 2.18. The molecule has 2 atom stereocenters. The monoisotopic (exact) mass is 211 g/mol. The van der Waals surface area contributed by atoms with E-state index in [1.807, 2.05) is 0 Å². The highest BCUT2D eigenvalue weighted by molar-refractivity contribution is 4.79. The van der Waals surface area contributed by atoms with E-state index in [1.54, 1.807) is 0 Å². The lowest BCUT2D eigenvalue weighted by molar-refractivity contribution is 0.0134. The first-order chi connectivity index (χ1) is 7.34. The Labute approximate surface area is 89.2 Å². The molecule has 1 aromatic heterocycles. The molecule has 2 rings (SSSR count). The molecule has 1 N–H and O–H groups in total. The van der Waals surface area contributed by atoms with Crippen LogP contribution in [0.15, 0.2) is 10.9 Å². The Hall–Kier alpha value is -0.940. The lowest BCUT2D eigenvalue weighted by Crippen LogP contribution is -2.38. The van der Waals surface area contributed by atoms with Gasteiger partial charge in [-0.2, -0.15) is 4.98 Å². The van der Waals surface area contributed by atoms with Gasteiger partial charge < -0.3 is 14.6 Å². The molecule has 0 radical (unpaired) electrons. The predicted octanol–water partition coefficient (Wildman–Crippen LogP) is 0.769. The third kappa shape index (κ3) is 3.28. The Morgan fingerprint density at radius 1 is 1.60 bits per heavy atom. The fourth-order valence-electron chi connectivity index (χ4n) is 1.87. The van der Waals surface area contributed by atoms with Crippen LogP contribution in [0.2, 0.25) is 0 Å². The zero-order valence-corrected chi connectivity index (χ0v) is 8.98. The first kappa shape index (κ1) is 10.6. The Morgan fingerprint density at radius 3 is 3.27 bits per heavy atom. The van der Waals surface area contributed by atoms with Crippen molar-refractivity contribution in [2.75, 3.05) is 13.2 Å². The van der Waals surface area contributed by atoms with E-state index in [4.69, 9.17) is 9.26 Å². The number of hydrogen-bond donors (Lipinski definition) is 1. The third-order valence-corrected chi connectivity index (χ3v) is 2.66. The molecule has 2 heterocycles. The normalized spacial score (nSPS) is 26.7. The molecule has 1 fully saturated rings. The van der Waals surface area contributed by atoms with Crippen molar-refractivity contribution in [3.05, 3.63) is 12.2 Å². The molecular weight excluding hydrogens is 194 g/mol. The van der Waals surface area contributed by atoms with Gasteiger partial charge in [-0.25, -0.2) is 0 Å². The number of rotatable bonds is 4. The van der Waals surface area contributed by atoms with E-state index in [0.717, 1.165) is 32.4 Å². The maximum Gasteiger partial charge on any atom is 0.227 e. The van der Waals surface area contributed by atoms with Crippen molar-refractivity contribution in [2.24, 2.45) is 0 Å². The fourth-order valence-corrected chi connectivity index (χ4v) is 1.87.